The molecule has 0 unspecified atom stereocenters. The Morgan fingerprint density at radius 2 is 1.89 bits per heavy atom. The molecular formula is C20H15N5O2. The highest BCUT2D eigenvalue weighted by Crippen LogP contribution is 2.24. The minimum atomic E-state index is -0.229. The topological polar surface area (TPSA) is 99.6 Å². The summed E-state index contributed by atoms with van der Waals surface area (Å²) in [6.45, 7) is 1.87. The first-order chi connectivity index (χ1) is 13.2. The van der Waals surface area contributed by atoms with Crippen molar-refractivity contribution in [3.63, 3.8) is 0 Å². The molecule has 7 nitrogen and oxygen atoms in total. The molecule has 0 radical (unpaired) electrons. The monoisotopic (exact) mass is 357 g/mol. The van der Waals surface area contributed by atoms with Gasteiger partial charge >= 0.3 is 0 Å². The first kappa shape index (κ1) is 15.4. The van der Waals surface area contributed by atoms with E-state index in [9.17, 15) is 4.79 Å². The highest BCUT2D eigenvalue weighted by molar-refractivity contribution is 6.06. The minimum absolute atomic E-state index is 0.229. The van der Waals surface area contributed by atoms with E-state index >= 15 is 0 Å². The highest BCUT2D eigenvalue weighted by Gasteiger charge is 2.13. The molecule has 0 bridgehead atoms. The van der Waals surface area contributed by atoms with Crippen LogP contribution < -0.4 is 5.32 Å². The number of carbonyl (C=O) groups is 1. The van der Waals surface area contributed by atoms with Crippen molar-refractivity contribution < 1.29 is 9.21 Å². The second kappa shape index (κ2) is 5.84. The van der Waals surface area contributed by atoms with Gasteiger partial charge in [-0.25, -0.2) is 4.98 Å². The smallest absolute Gasteiger partial charge is 0.272 e. The predicted octanol–water partition coefficient (Wildman–Crippen LogP) is 4.26. The fourth-order valence-electron chi connectivity index (χ4n) is 3.10. The highest BCUT2D eigenvalue weighted by atomic mass is 16.3. The van der Waals surface area contributed by atoms with E-state index in [-0.39, 0.29) is 5.91 Å². The predicted molar refractivity (Wildman–Crippen MR) is 103 cm³/mol. The Bertz CT molecular complexity index is 1250. The van der Waals surface area contributed by atoms with E-state index in [0.717, 1.165) is 33.7 Å². The SMILES string of the molecule is Cc1cc2[nH]c(C(=O)Nc3ccc4nc(-c5ccncc5)[nH]c4c3)cc2o1. The molecule has 3 N–H and O–H groups in total. The summed E-state index contributed by atoms with van der Waals surface area (Å²) in [7, 11) is 0. The van der Waals surface area contributed by atoms with Gasteiger partial charge in [0.1, 0.15) is 17.3 Å². The number of amides is 1. The van der Waals surface area contributed by atoms with Gasteiger partial charge in [0.05, 0.1) is 16.6 Å². The molecular weight excluding hydrogens is 342 g/mol. The maximum Gasteiger partial charge on any atom is 0.272 e. The average molecular weight is 357 g/mol. The normalized spacial score (nSPS) is 11.3. The van der Waals surface area contributed by atoms with Crippen LogP contribution in [-0.2, 0) is 0 Å². The van der Waals surface area contributed by atoms with E-state index in [1.165, 1.54) is 0 Å². The van der Waals surface area contributed by atoms with Crippen LogP contribution in [0.15, 0.2) is 59.3 Å². The second-order valence-corrected chi connectivity index (χ2v) is 6.33. The van der Waals surface area contributed by atoms with E-state index in [1.54, 1.807) is 18.5 Å². The molecule has 4 aromatic heterocycles. The number of anilines is 1. The number of imidazole rings is 1. The zero-order chi connectivity index (χ0) is 18.4. The van der Waals surface area contributed by atoms with Crippen LogP contribution in [0.4, 0.5) is 5.69 Å². The molecule has 0 saturated carbocycles. The molecule has 132 valence electrons. The van der Waals surface area contributed by atoms with Crippen molar-refractivity contribution >= 4 is 33.7 Å². The molecule has 0 aliphatic heterocycles. The van der Waals surface area contributed by atoms with Crippen molar-refractivity contribution in [2.45, 2.75) is 6.92 Å². The van der Waals surface area contributed by atoms with Gasteiger partial charge in [-0.05, 0) is 37.3 Å². The molecule has 0 atom stereocenters. The Kier molecular flexibility index (Phi) is 3.33. The number of aryl methyl sites for hydroxylation is 1. The largest absolute Gasteiger partial charge is 0.460 e. The third-order valence-electron chi connectivity index (χ3n) is 4.37. The number of rotatable bonds is 3. The summed E-state index contributed by atoms with van der Waals surface area (Å²) in [6, 6.07) is 12.9. The number of fused-ring (bicyclic) bond motifs is 2. The van der Waals surface area contributed by atoms with Crippen LogP contribution >= 0.6 is 0 Å². The van der Waals surface area contributed by atoms with Crippen LogP contribution in [-0.4, -0.2) is 25.8 Å². The number of nitrogens with zero attached hydrogens (tertiary/aromatic N) is 2. The second-order valence-electron chi connectivity index (χ2n) is 6.33. The summed E-state index contributed by atoms with van der Waals surface area (Å²) < 4.78 is 5.52. The molecule has 0 spiro atoms. The summed E-state index contributed by atoms with van der Waals surface area (Å²) in [4.78, 5) is 27.5. The molecule has 27 heavy (non-hydrogen) atoms. The number of hydrogen-bond acceptors (Lipinski definition) is 4. The maximum absolute atomic E-state index is 12.5. The summed E-state index contributed by atoms with van der Waals surface area (Å²) in [5, 5.41) is 2.90. The zero-order valence-electron chi connectivity index (χ0n) is 14.4. The molecule has 7 heteroatoms. The molecule has 5 rings (SSSR count). The van der Waals surface area contributed by atoms with Crippen molar-refractivity contribution in [3.05, 3.63) is 66.3 Å². The standard InChI is InChI=1S/C20H15N5O2/c1-11-8-16-18(27-11)10-17(23-16)20(26)22-13-2-3-14-15(9-13)25-19(24-14)12-4-6-21-7-5-12/h2-10,23H,1H3,(H,22,26)(H,24,25). The quantitative estimate of drug-likeness (QED) is 0.449. The molecule has 1 aromatic carbocycles. The van der Waals surface area contributed by atoms with Crippen molar-refractivity contribution in [1.82, 2.24) is 19.9 Å². The number of carbonyl (C=O) groups excluding carboxylic acids is 1. The molecule has 4 heterocycles. The third kappa shape index (κ3) is 2.75. The van der Waals surface area contributed by atoms with Crippen molar-refractivity contribution in [3.8, 4) is 11.4 Å². The fourth-order valence-corrected chi connectivity index (χ4v) is 3.10. The Balaban J connectivity index is 1.42. The molecule has 0 fully saturated rings. The van der Waals surface area contributed by atoms with Gasteiger partial charge in [0, 0.05) is 35.8 Å². The van der Waals surface area contributed by atoms with Gasteiger partial charge < -0.3 is 19.7 Å². The minimum Gasteiger partial charge on any atom is -0.460 e. The Morgan fingerprint density at radius 1 is 1.04 bits per heavy atom. The summed E-state index contributed by atoms with van der Waals surface area (Å²) in [6.07, 6.45) is 3.45. The summed E-state index contributed by atoms with van der Waals surface area (Å²) in [5.41, 5.74) is 5.23. The Hall–Kier alpha value is -3.87. The maximum atomic E-state index is 12.5. The number of benzene rings is 1. The molecule has 0 saturated heterocycles. The van der Waals surface area contributed by atoms with Gasteiger partial charge in [0.25, 0.3) is 5.91 Å². The van der Waals surface area contributed by atoms with Gasteiger partial charge in [-0.15, -0.1) is 0 Å². The van der Waals surface area contributed by atoms with Crippen molar-refractivity contribution in [2.24, 2.45) is 0 Å². The van der Waals surface area contributed by atoms with E-state index in [4.69, 9.17) is 4.42 Å². The van der Waals surface area contributed by atoms with Crippen molar-refractivity contribution in [1.29, 1.82) is 0 Å². The zero-order valence-corrected chi connectivity index (χ0v) is 14.4. The van der Waals surface area contributed by atoms with Gasteiger partial charge in [0.2, 0.25) is 0 Å². The lowest BCUT2D eigenvalue weighted by Crippen LogP contribution is -2.12. The number of hydrogen-bond donors (Lipinski definition) is 3. The number of H-pyrrole nitrogens is 2. The first-order valence-electron chi connectivity index (χ1n) is 8.46. The van der Waals surface area contributed by atoms with Crippen LogP contribution in [0.3, 0.4) is 0 Å². The van der Waals surface area contributed by atoms with Crippen LogP contribution in [0.2, 0.25) is 0 Å². The number of aromatic nitrogens is 4. The number of pyridine rings is 1. The van der Waals surface area contributed by atoms with Gasteiger partial charge in [0.15, 0.2) is 5.58 Å². The molecule has 5 aromatic rings. The van der Waals surface area contributed by atoms with Crippen molar-refractivity contribution in [2.75, 3.05) is 5.32 Å². The van der Waals surface area contributed by atoms with E-state index in [1.807, 2.05) is 43.3 Å². The van der Waals surface area contributed by atoms with E-state index < -0.39 is 0 Å². The Labute approximate surface area is 153 Å². The molecule has 1 amide bonds. The van der Waals surface area contributed by atoms with Crippen LogP contribution in [0.5, 0.6) is 0 Å². The lowest BCUT2D eigenvalue weighted by Gasteiger charge is -2.03. The number of aromatic amines is 2. The Morgan fingerprint density at radius 3 is 2.70 bits per heavy atom. The molecule has 0 aliphatic rings. The van der Waals surface area contributed by atoms with E-state index in [0.29, 0.717) is 17.0 Å². The molecule has 0 aliphatic carbocycles. The fraction of sp³-hybridized carbons (Fsp3) is 0.0500. The third-order valence-corrected chi connectivity index (χ3v) is 4.37. The number of furan rings is 1. The lowest BCUT2D eigenvalue weighted by molar-refractivity contribution is 0.102. The summed E-state index contributed by atoms with van der Waals surface area (Å²) >= 11 is 0. The van der Waals surface area contributed by atoms with Crippen LogP contribution in [0.1, 0.15) is 16.2 Å². The summed E-state index contributed by atoms with van der Waals surface area (Å²) in [5.74, 6) is 1.33. The van der Waals surface area contributed by atoms with E-state index in [2.05, 4.69) is 25.3 Å². The van der Waals surface area contributed by atoms with Crippen LogP contribution in [0.25, 0.3) is 33.5 Å². The van der Waals surface area contributed by atoms with Gasteiger partial charge in [-0.1, -0.05) is 0 Å². The average Bonchev–Trinajstić information content (AvgIpc) is 3.34. The van der Waals surface area contributed by atoms with Gasteiger partial charge in [-0.2, -0.15) is 0 Å². The van der Waals surface area contributed by atoms with Crippen LogP contribution in [0, 0.1) is 6.92 Å². The lowest BCUT2D eigenvalue weighted by atomic mass is 10.2. The number of nitrogens with one attached hydrogen (secondary N) is 3. The first-order valence-corrected chi connectivity index (χ1v) is 8.46. The van der Waals surface area contributed by atoms with Gasteiger partial charge in [-0.3, -0.25) is 9.78 Å².